The van der Waals surface area contributed by atoms with Crippen LogP contribution in [0.3, 0.4) is 0 Å². The summed E-state index contributed by atoms with van der Waals surface area (Å²) < 4.78 is 0. The predicted molar refractivity (Wildman–Crippen MR) is 55.8 cm³/mol. The number of piperidine rings is 1. The van der Waals surface area contributed by atoms with E-state index in [0.29, 0.717) is 12.1 Å². The van der Waals surface area contributed by atoms with E-state index in [9.17, 15) is 0 Å². The van der Waals surface area contributed by atoms with E-state index in [2.05, 4.69) is 29.7 Å². The van der Waals surface area contributed by atoms with Gasteiger partial charge in [-0.3, -0.25) is 0 Å². The highest BCUT2D eigenvalue weighted by molar-refractivity contribution is 5.02. The molecular formula is C11H20N2. The van der Waals surface area contributed by atoms with Crippen LogP contribution in [0, 0.1) is 0 Å². The second-order valence-corrected chi connectivity index (χ2v) is 4.36. The van der Waals surface area contributed by atoms with E-state index in [1.54, 1.807) is 0 Å². The Bertz CT molecular complexity index is 181. The van der Waals surface area contributed by atoms with Crippen LogP contribution in [0.5, 0.6) is 0 Å². The zero-order valence-corrected chi connectivity index (χ0v) is 8.42. The Hall–Kier alpha value is -0.340. The van der Waals surface area contributed by atoms with Crippen molar-refractivity contribution in [2.75, 3.05) is 6.54 Å². The van der Waals surface area contributed by atoms with Crippen LogP contribution in [0.2, 0.25) is 0 Å². The number of nitrogens with one attached hydrogen (secondary N) is 2. The number of hydrogen-bond donors (Lipinski definition) is 2. The first-order valence-corrected chi connectivity index (χ1v) is 5.50. The summed E-state index contributed by atoms with van der Waals surface area (Å²) in [6, 6.07) is 2.07. The standard InChI is InChI=1S/C11H20N2/c1-9-6-7-11(8-12-9)13-10-4-2-3-5-10/h2,4,9-13H,3,5-8H2,1H3. The van der Waals surface area contributed by atoms with Crippen molar-refractivity contribution in [2.45, 2.75) is 50.7 Å². The quantitative estimate of drug-likeness (QED) is 0.628. The first-order valence-electron chi connectivity index (χ1n) is 5.50. The molecule has 2 nitrogen and oxygen atoms in total. The molecule has 0 aromatic rings. The summed E-state index contributed by atoms with van der Waals surface area (Å²) in [6.07, 6.45) is 9.81. The fourth-order valence-electron chi connectivity index (χ4n) is 2.22. The summed E-state index contributed by atoms with van der Waals surface area (Å²) in [5, 5.41) is 7.21. The minimum Gasteiger partial charge on any atom is -0.313 e. The van der Waals surface area contributed by atoms with E-state index < -0.39 is 0 Å². The van der Waals surface area contributed by atoms with E-state index in [-0.39, 0.29) is 0 Å². The van der Waals surface area contributed by atoms with Gasteiger partial charge in [0.05, 0.1) is 0 Å². The third-order valence-electron chi connectivity index (χ3n) is 3.12. The molecule has 2 heteroatoms. The van der Waals surface area contributed by atoms with E-state index in [1.165, 1.54) is 25.7 Å². The topological polar surface area (TPSA) is 24.1 Å². The predicted octanol–water partition coefficient (Wildman–Crippen LogP) is 1.44. The molecule has 2 rings (SSSR count). The van der Waals surface area contributed by atoms with Crippen LogP contribution in [0.25, 0.3) is 0 Å². The van der Waals surface area contributed by atoms with Gasteiger partial charge in [0.1, 0.15) is 0 Å². The van der Waals surface area contributed by atoms with Crippen LogP contribution in [-0.4, -0.2) is 24.7 Å². The molecular weight excluding hydrogens is 160 g/mol. The third kappa shape index (κ3) is 2.55. The fourth-order valence-corrected chi connectivity index (χ4v) is 2.22. The summed E-state index contributed by atoms with van der Waals surface area (Å²) in [6.45, 7) is 3.41. The Kier molecular flexibility index (Phi) is 3.01. The second-order valence-electron chi connectivity index (χ2n) is 4.36. The van der Waals surface area contributed by atoms with Crippen LogP contribution in [0.15, 0.2) is 12.2 Å². The summed E-state index contributed by atoms with van der Waals surface area (Å²) in [4.78, 5) is 0. The normalized spacial score (nSPS) is 39.6. The molecule has 0 amide bonds. The van der Waals surface area contributed by atoms with Gasteiger partial charge in [-0.25, -0.2) is 0 Å². The molecule has 0 aromatic carbocycles. The zero-order chi connectivity index (χ0) is 9.10. The van der Waals surface area contributed by atoms with Gasteiger partial charge in [0.2, 0.25) is 0 Å². The van der Waals surface area contributed by atoms with E-state index in [1.807, 2.05) is 0 Å². The van der Waals surface area contributed by atoms with E-state index in [4.69, 9.17) is 0 Å². The SMILES string of the molecule is CC1CCC(NC2C=CCC2)CN1. The summed E-state index contributed by atoms with van der Waals surface area (Å²) in [5.74, 6) is 0. The fraction of sp³-hybridized carbons (Fsp3) is 0.818. The largest absolute Gasteiger partial charge is 0.313 e. The van der Waals surface area contributed by atoms with Crippen LogP contribution < -0.4 is 10.6 Å². The smallest absolute Gasteiger partial charge is 0.0256 e. The van der Waals surface area contributed by atoms with Crippen LogP contribution >= 0.6 is 0 Å². The molecule has 1 aliphatic carbocycles. The molecule has 0 saturated carbocycles. The summed E-state index contributed by atoms with van der Waals surface area (Å²) in [5.41, 5.74) is 0. The van der Waals surface area contributed by atoms with Crippen LogP contribution in [0.4, 0.5) is 0 Å². The maximum atomic E-state index is 3.69. The average molecular weight is 180 g/mol. The molecule has 1 fully saturated rings. The molecule has 2 aliphatic rings. The van der Waals surface area contributed by atoms with Gasteiger partial charge in [0, 0.05) is 24.7 Å². The molecule has 3 atom stereocenters. The van der Waals surface area contributed by atoms with Gasteiger partial charge in [-0.15, -0.1) is 0 Å². The molecule has 0 radical (unpaired) electrons. The highest BCUT2D eigenvalue weighted by Gasteiger charge is 2.20. The lowest BCUT2D eigenvalue weighted by molar-refractivity contribution is 0.325. The molecule has 0 spiro atoms. The molecule has 0 aromatic heterocycles. The lowest BCUT2D eigenvalue weighted by atomic mass is 10.0. The lowest BCUT2D eigenvalue weighted by Crippen LogP contribution is -2.49. The first kappa shape index (κ1) is 9.22. The molecule has 2 N–H and O–H groups in total. The van der Waals surface area contributed by atoms with Gasteiger partial charge in [0.15, 0.2) is 0 Å². The van der Waals surface area contributed by atoms with Gasteiger partial charge < -0.3 is 10.6 Å². The minimum absolute atomic E-state index is 0.653. The Balaban J connectivity index is 1.72. The Morgan fingerprint density at radius 3 is 2.85 bits per heavy atom. The Morgan fingerprint density at radius 2 is 2.23 bits per heavy atom. The maximum Gasteiger partial charge on any atom is 0.0256 e. The molecule has 1 saturated heterocycles. The zero-order valence-electron chi connectivity index (χ0n) is 8.42. The Morgan fingerprint density at radius 1 is 1.31 bits per heavy atom. The van der Waals surface area contributed by atoms with Crippen LogP contribution in [0.1, 0.15) is 32.6 Å². The lowest BCUT2D eigenvalue weighted by Gasteiger charge is -2.30. The van der Waals surface area contributed by atoms with Crippen molar-refractivity contribution in [1.82, 2.24) is 10.6 Å². The number of allylic oxidation sites excluding steroid dienone is 1. The molecule has 13 heavy (non-hydrogen) atoms. The minimum atomic E-state index is 0.653. The molecule has 3 unspecified atom stereocenters. The van der Waals surface area contributed by atoms with E-state index >= 15 is 0 Å². The van der Waals surface area contributed by atoms with Gasteiger partial charge >= 0.3 is 0 Å². The Labute approximate surface area is 80.8 Å². The molecule has 0 bridgehead atoms. The summed E-state index contributed by atoms with van der Waals surface area (Å²) in [7, 11) is 0. The number of hydrogen-bond acceptors (Lipinski definition) is 2. The van der Waals surface area contributed by atoms with Crippen molar-refractivity contribution in [3.63, 3.8) is 0 Å². The first-order chi connectivity index (χ1) is 6.34. The van der Waals surface area contributed by atoms with Gasteiger partial charge in [-0.1, -0.05) is 12.2 Å². The van der Waals surface area contributed by atoms with Gasteiger partial charge in [-0.2, -0.15) is 0 Å². The van der Waals surface area contributed by atoms with Crippen molar-refractivity contribution >= 4 is 0 Å². The van der Waals surface area contributed by atoms with E-state index in [0.717, 1.165) is 12.6 Å². The van der Waals surface area contributed by atoms with Crippen molar-refractivity contribution in [2.24, 2.45) is 0 Å². The average Bonchev–Trinajstić information content (AvgIpc) is 2.62. The highest BCUT2D eigenvalue weighted by atomic mass is 15.0. The molecule has 1 aliphatic heterocycles. The van der Waals surface area contributed by atoms with Crippen molar-refractivity contribution < 1.29 is 0 Å². The van der Waals surface area contributed by atoms with Crippen molar-refractivity contribution in [3.05, 3.63) is 12.2 Å². The monoisotopic (exact) mass is 180 g/mol. The van der Waals surface area contributed by atoms with Gasteiger partial charge in [-0.05, 0) is 32.6 Å². The molecule has 74 valence electrons. The third-order valence-corrected chi connectivity index (χ3v) is 3.12. The maximum absolute atomic E-state index is 3.69. The summed E-state index contributed by atoms with van der Waals surface area (Å²) >= 11 is 0. The molecule has 1 heterocycles. The van der Waals surface area contributed by atoms with Crippen molar-refractivity contribution in [1.29, 1.82) is 0 Å². The second kappa shape index (κ2) is 4.25. The van der Waals surface area contributed by atoms with Crippen molar-refractivity contribution in [3.8, 4) is 0 Å². The number of rotatable bonds is 2. The van der Waals surface area contributed by atoms with Gasteiger partial charge in [0.25, 0.3) is 0 Å². The highest BCUT2D eigenvalue weighted by Crippen LogP contribution is 2.13. The van der Waals surface area contributed by atoms with Crippen LogP contribution in [-0.2, 0) is 0 Å².